The predicted molar refractivity (Wildman–Crippen MR) is 129 cm³/mol. The Morgan fingerprint density at radius 2 is 1.54 bits per heavy atom. The highest BCUT2D eigenvalue weighted by molar-refractivity contribution is 7.89. The first-order valence-corrected chi connectivity index (χ1v) is 14.3. The molecule has 0 radical (unpaired) electrons. The van der Waals surface area contributed by atoms with E-state index in [0.29, 0.717) is 31.1 Å². The van der Waals surface area contributed by atoms with Gasteiger partial charge >= 0.3 is 11.8 Å². The third kappa shape index (κ3) is 6.37. The second kappa shape index (κ2) is 11.0. The Bertz CT molecular complexity index is 1380. The summed E-state index contributed by atoms with van der Waals surface area (Å²) in [6.45, 7) is 0.777. The first-order valence-electron chi connectivity index (χ1n) is 11.3. The van der Waals surface area contributed by atoms with Gasteiger partial charge < -0.3 is 24.8 Å². The van der Waals surface area contributed by atoms with Crippen LogP contribution in [0.3, 0.4) is 0 Å². The maximum Gasteiger partial charge on any atom is 0.309 e. The molecule has 2 aromatic rings. The van der Waals surface area contributed by atoms with Crippen molar-refractivity contribution in [1.82, 2.24) is 14.9 Å². The molecule has 0 saturated carbocycles. The molecule has 200 valence electrons. The summed E-state index contributed by atoms with van der Waals surface area (Å²) in [5.41, 5.74) is 0.729. The summed E-state index contributed by atoms with van der Waals surface area (Å²) in [7, 11) is -7.77. The molecular weight excluding hydrogens is 528 g/mol. The monoisotopic (exact) mass is 554 g/mol. The maximum absolute atomic E-state index is 13.2. The number of rotatable bonds is 8. The largest absolute Gasteiger partial charge is 0.486 e. The summed E-state index contributed by atoms with van der Waals surface area (Å²) in [6.07, 6.45) is -0.649. The molecular formula is C22H26N4O9S2. The zero-order valence-corrected chi connectivity index (χ0v) is 21.2. The predicted octanol–water partition coefficient (Wildman–Crippen LogP) is -1.07. The number of carbonyl (C=O) groups is 2. The van der Waals surface area contributed by atoms with Crippen molar-refractivity contribution in [3.05, 3.63) is 48.0 Å². The van der Waals surface area contributed by atoms with Gasteiger partial charge in [0.25, 0.3) is 0 Å². The molecule has 2 amide bonds. The minimum Gasteiger partial charge on any atom is -0.486 e. The number of nitrogens with two attached hydrogens (primary N) is 1. The number of nitrogens with one attached hydrogen (secondary N) is 2. The Labute approximate surface area is 214 Å². The Hall–Kier alpha value is -3.24. The van der Waals surface area contributed by atoms with E-state index in [0.717, 1.165) is 9.87 Å². The van der Waals surface area contributed by atoms with Gasteiger partial charge in [-0.3, -0.25) is 9.59 Å². The fourth-order valence-electron chi connectivity index (χ4n) is 3.77. The normalized spacial score (nSPS) is 17.8. The minimum absolute atomic E-state index is 0.00610. The van der Waals surface area contributed by atoms with Crippen LogP contribution in [-0.4, -0.2) is 78.6 Å². The number of ether oxygens (including phenoxy) is 3. The van der Waals surface area contributed by atoms with Crippen LogP contribution in [0.4, 0.5) is 0 Å². The molecule has 0 aromatic heterocycles. The fraction of sp³-hybridized carbons (Fsp3) is 0.364. The second-order valence-electron chi connectivity index (χ2n) is 8.15. The highest BCUT2D eigenvalue weighted by Gasteiger charge is 2.37. The fourth-order valence-corrected chi connectivity index (χ4v) is 5.81. The van der Waals surface area contributed by atoms with Crippen LogP contribution in [0.25, 0.3) is 0 Å². The van der Waals surface area contributed by atoms with E-state index in [1.54, 1.807) is 12.1 Å². The van der Waals surface area contributed by atoms with Crippen molar-refractivity contribution >= 4 is 31.9 Å². The number of sulfonamides is 2. The van der Waals surface area contributed by atoms with Gasteiger partial charge in [-0.1, -0.05) is 12.1 Å². The van der Waals surface area contributed by atoms with E-state index in [-0.39, 0.29) is 36.0 Å². The van der Waals surface area contributed by atoms with Crippen LogP contribution in [-0.2, 0) is 40.8 Å². The van der Waals surface area contributed by atoms with Gasteiger partial charge in [0.1, 0.15) is 19.4 Å². The van der Waals surface area contributed by atoms with Crippen molar-refractivity contribution in [2.75, 3.05) is 39.5 Å². The van der Waals surface area contributed by atoms with Crippen molar-refractivity contribution in [1.29, 1.82) is 0 Å². The average Bonchev–Trinajstić information content (AvgIpc) is 3.36. The van der Waals surface area contributed by atoms with Crippen molar-refractivity contribution < 1.29 is 40.6 Å². The van der Waals surface area contributed by atoms with Crippen LogP contribution in [0, 0.1) is 0 Å². The summed E-state index contributed by atoms with van der Waals surface area (Å²) in [6, 6.07) is 10.1. The lowest BCUT2D eigenvalue weighted by molar-refractivity contribution is -0.139. The highest BCUT2D eigenvalue weighted by atomic mass is 32.2. The molecule has 37 heavy (non-hydrogen) atoms. The molecule has 2 aliphatic rings. The molecule has 15 heteroatoms. The lowest BCUT2D eigenvalue weighted by Gasteiger charge is -2.24. The standard InChI is InChI=1S/C22H26N4O9S2/c23-36(29,30)16-3-1-15(2-4-16)7-8-24-21(27)22(28)25-14-20-26(9-10-35-20)37(31,32)17-5-6-18-19(13-17)34-12-11-33-18/h1-6,13,20H,7-12,14H2,(H,24,27)(H,25,28)(H2,23,29,30)/t20-/m1/s1. The molecule has 13 nitrogen and oxygen atoms in total. The first kappa shape index (κ1) is 26.8. The van der Waals surface area contributed by atoms with Crippen LogP contribution < -0.4 is 25.2 Å². The van der Waals surface area contributed by atoms with Gasteiger partial charge in [0.2, 0.25) is 20.0 Å². The number of carbonyl (C=O) groups excluding carboxylic acids is 2. The number of benzene rings is 2. The van der Waals surface area contributed by atoms with Crippen molar-refractivity contribution in [3.8, 4) is 11.5 Å². The van der Waals surface area contributed by atoms with Crippen LogP contribution in [0.5, 0.6) is 11.5 Å². The highest BCUT2D eigenvalue weighted by Crippen LogP contribution is 2.34. The topological polar surface area (TPSA) is 183 Å². The smallest absolute Gasteiger partial charge is 0.309 e. The maximum atomic E-state index is 13.2. The zero-order chi connectivity index (χ0) is 26.6. The summed E-state index contributed by atoms with van der Waals surface area (Å²) in [5.74, 6) is -1.07. The van der Waals surface area contributed by atoms with Gasteiger partial charge in [-0.15, -0.1) is 0 Å². The minimum atomic E-state index is -3.97. The van der Waals surface area contributed by atoms with Gasteiger partial charge in [0.05, 0.1) is 22.9 Å². The van der Waals surface area contributed by atoms with E-state index < -0.39 is 38.1 Å². The molecule has 0 unspecified atom stereocenters. The van der Waals surface area contributed by atoms with Gasteiger partial charge in [0, 0.05) is 19.2 Å². The SMILES string of the molecule is NS(=O)(=O)c1ccc(CCNC(=O)C(=O)NC[C@H]2OCCN2S(=O)(=O)c2ccc3c(c2)OCCO3)cc1. The Balaban J connectivity index is 1.28. The molecule has 4 N–H and O–H groups in total. The van der Waals surface area contributed by atoms with Crippen LogP contribution in [0.15, 0.2) is 52.3 Å². The molecule has 0 aliphatic carbocycles. The average molecular weight is 555 g/mol. The molecule has 2 heterocycles. The summed E-state index contributed by atoms with van der Waals surface area (Å²) in [4.78, 5) is 24.3. The van der Waals surface area contributed by atoms with Crippen LogP contribution >= 0.6 is 0 Å². The van der Waals surface area contributed by atoms with E-state index in [9.17, 15) is 26.4 Å². The molecule has 1 fully saturated rings. The Kier molecular flexibility index (Phi) is 7.99. The van der Waals surface area contributed by atoms with Gasteiger partial charge in [-0.2, -0.15) is 4.31 Å². The van der Waals surface area contributed by atoms with Gasteiger partial charge in [-0.25, -0.2) is 22.0 Å². The molecule has 1 saturated heterocycles. The number of hydrogen-bond acceptors (Lipinski definition) is 9. The number of amides is 2. The first-order chi connectivity index (χ1) is 17.6. The molecule has 4 rings (SSSR count). The third-order valence-corrected chi connectivity index (χ3v) is 8.47. The number of fused-ring (bicyclic) bond motifs is 1. The molecule has 0 bridgehead atoms. The molecule has 0 spiro atoms. The lowest BCUT2D eigenvalue weighted by atomic mass is 10.1. The van der Waals surface area contributed by atoms with Crippen molar-refractivity contribution in [3.63, 3.8) is 0 Å². The quantitative estimate of drug-likeness (QED) is 0.342. The zero-order valence-electron chi connectivity index (χ0n) is 19.6. The number of nitrogens with zero attached hydrogens (tertiary/aromatic N) is 1. The van der Waals surface area contributed by atoms with Crippen molar-refractivity contribution in [2.45, 2.75) is 22.4 Å². The van der Waals surface area contributed by atoms with Gasteiger partial charge in [-0.05, 0) is 36.2 Å². The van der Waals surface area contributed by atoms with Crippen LogP contribution in [0.1, 0.15) is 5.56 Å². The second-order valence-corrected chi connectivity index (χ2v) is 11.6. The number of hydrogen-bond donors (Lipinski definition) is 3. The van der Waals surface area contributed by atoms with E-state index in [1.165, 1.54) is 30.3 Å². The molecule has 2 aliphatic heterocycles. The molecule has 2 aromatic carbocycles. The summed E-state index contributed by atoms with van der Waals surface area (Å²) in [5, 5.41) is 9.90. The Morgan fingerprint density at radius 1 is 0.892 bits per heavy atom. The molecule has 1 atom stereocenters. The van der Waals surface area contributed by atoms with E-state index >= 15 is 0 Å². The number of primary sulfonamides is 1. The van der Waals surface area contributed by atoms with Crippen LogP contribution in [0.2, 0.25) is 0 Å². The summed E-state index contributed by atoms with van der Waals surface area (Å²) >= 11 is 0. The van der Waals surface area contributed by atoms with E-state index in [2.05, 4.69) is 10.6 Å². The lowest BCUT2D eigenvalue weighted by Crippen LogP contribution is -2.47. The van der Waals surface area contributed by atoms with Crippen molar-refractivity contribution in [2.24, 2.45) is 5.14 Å². The Morgan fingerprint density at radius 3 is 2.24 bits per heavy atom. The summed E-state index contributed by atoms with van der Waals surface area (Å²) < 4.78 is 66.4. The van der Waals surface area contributed by atoms with Gasteiger partial charge in [0.15, 0.2) is 11.5 Å². The third-order valence-electron chi connectivity index (χ3n) is 5.66. The van der Waals surface area contributed by atoms with E-state index in [1.807, 2.05) is 0 Å². The van der Waals surface area contributed by atoms with E-state index in [4.69, 9.17) is 19.3 Å².